The Balaban J connectivity index is 2.05. The van der Waals surface area contributed by atoms with Crippen LogP contribution in [0.4, 0.5) is 4.39 Å². The maximum atomic E-state index is 12.7. The predicted octanol–water partition coefficient (Wildman–Crippen LogP) is 1.94. The molecule has 0 amide bonds. The average molecular weight is 221 g/mol. The Morgan fingerprint density at radius 1 is 1.25 bits per heavy atom. The summed E-state index contributed by atoms with van der Waals surface area (Å²) in [6.07, 6.45) is 2.61. The maximum absolute atomic E-state index is 12.7. The third-order valence-electron chi connectivity index (χ3n) is 2.23. The summed E-state index contributed by atoms with van der Waals surface area (Å²) in [6.45, 7) is 0.0468. The van der Waals surface area contributed by atoms with Crippen LogP contribution in [0.25, 0.3) is 0 Å². The maximum Gasteiger partial charge on any atom is 0.198 e. The van der Waals surface area contributed by atoms with E-state index in [9.17, 15) is 4.39 Å². The molecule has 2 rings (SSSR count). The van der Waals surface area contributed by atoms with Gasteiger partial charge in [0.25, 0.3) is 0 Å². The van der Waals surface area contributed by atoms with Crippen molar-refractivity contribution in [3.8, 4) is 0 Å². The largest absolute Gasteiger partial charge is 0.445 e. The molecule has 4 heteroatoms. The van der Waals surface area contributed by atoms with Gasteiger partial charge in [0.2, 0.25) is 0 Å². The minimum Gasteiger partial charge on any atom is -0.445 e. The van der Waals surface area contributed by atoms with E-state index >= 15 is 0 Å². The van der Waals surface area contributed by atoms with Gasteiger partial charge in [-0.3, -0.25) is 0 Å². The summed E-state index contributed by atoms with van der Waals surface area (Å²) < 4.78 is 18.1. The fraction of sp³-hybridized carbons (Fsp3) is 0.250. The summed E-state index contributed by atoms with van der Waals surface area (Å²) >= 11 is 0. The number of rotatable bonds is 4. The fourth-order valence-electron chi connectivity index (χ4n) is 1.43. The summed E-state index contributed by atoms with van der Waals surface area (Å²) in [5, 5.41) is 8.72. The quantitative estimate of drug-likeness (QED) is 0.858. The summed E-state index contributed by atoms with van der Waals surface area (Å²) in [7, 11) is 0. The second kappa shape index (κ2) is 4.90. The zero-order valence-corrected chi connectivity index (χ0v) is 8.69. The topological polar surface area (TPSA) is 46.3 Å². The van der Waals surface area contributed by atoms with E-state index in [4.69, 9.17) is 9.52 Å². The average Bonchev–Trinajstić information content (AvgIpc) is 2.70. The second-order valence-corrected chi connectivity index (χ2v) is 3.50. The molecule has 84 valence electrons. The van der Waals surface area contributed by atoms with E-state index in [2.05, 4.69) is 4.98 Å². The molecule has 2 aromatic rings. The van der Waals surface area contributed by atoms with Gasteiger partial charge in [-0.15, -0.1) is 0 Å². The van der Waals surface area contributed by atoms with Crippen molar-refractivity contribution in [2.24, 2.45) is 0 Å². The molecule has 16 heavy (non-hydrogen) atoms. The molecule has 3 nitrogen and oxygen atoms in total. The standard InChI is InChI=1S/C12H12FNO2/c13-10-3-1-9(2-4-10)7-12-14-8-11(16-12)5-6-15/h1-4,8,15H,5-7H2. The molecule has 1 N–H and O–H groups in total. The Morgan fingerprint density at radius 3 is 2.69 bits per heavy atom. The van der Waals surface area contributed by atoms with Crippen molar-refractivity contribution in [1.82, 2.24) is 4.98 Å². The molecule has 0 bridgehead atoms. The van der Waals surface area contributed by atoms with Crippen molar-refractivity contribution >= 4 is 0 Å². The number of aliphatic hydroxyl groups excluding tert-OH is 1. The Kier molecular flexibility index (Phi) is 3.31. The van der Waals surface area contributed by atoms with Crippen LogP contribution in [0.3, 0.4) is 0 Å². The van der Waals surface area contributed by atoms with Crippen molar-refractivity contribution in [1.29, 1.82) is 0 Å². The molecule has 0 aliphatic rings. The lowest BCUT2D eigenvalue weighted by atomic mass is 10.1. The molecule has 0 aliphatic carbocycles. The number of hydrogen-bond donors (Lipinski definition) is 1. The number of aliphatic hydroxyl groups is 1. The summed E-state index contributed by atoms with van der Waals surface area (Å²) in [5.74, 6) is 0.992. The lowest BCUT2D eigenvalue weighted by Gasteiger charge is -1.97. The molecule has 0 saturated heterocycles. The van der Waals surface area contributed by atoms with Crippen LogP contribution in [-0.2, 0) is 12.8 Å². The second-order valence-electron chi connectivity index (χ2n) is 3.50. The molecule has 0 unspecified atom stereocenters. The SMILES string of the molecule is OCCc1cnc(Cc2ccc(F)cc2)o1. The van der Waals surface area contributed by atoms with Crippen LogP contribution in [0.2, 0.25) is 0 Å². The molecule has 0 spiro atoms. The highest BCUT2D eigenvalue weighted by atomic mass is 19.1. The van der Waals surface area contributed by atoms with Crippen LogP contribution in [0.15, 0.2) is 34.9 Å². The van der Waals surface area contributed by atoms with Crippen molar-refractivity contribution in [3.63, 3.8) is 0 Å². The molecule has 0 radical (unpaired) electrons. The number of oxazole rings is 1. The molecule has 1 aromatic heterocycles. The van der Waals surface area contributed by atoms with Crippen molar-refractivity contribution in [2.45, 2.75) is 12.8 Å². The third-order valence-corrected chi connectivity index (χ3v) is 2.23. The van der Waals surface area contributed by atoms with E-state index in [0.29, 0.717) is 24.5 Å². The predicted molar refractivity (Wildman–Crippen MR) is 56.5 cm³/mol. The first-order chi connectivity index (χ1) is 7.78. The Hall–Kier alpha value is -1.68. The van der Waals surface area contributed by atoms with Gasteiger partial charge in [-0.2, -0.15) is 0 Å². The number of nitrogens with zero attached hydrogens (tertiary/aromatic N) is 1. The highest BCUT2D eigenvalue weighted by Crippen LogP contribution is 2.11. The van der Waals surface area contributed by atoms with Gasteiger partial charge in [-0.1, -0.05) is 12.1 Å². The van der Waals surface area contributed by atoms with Gasteiger partial charge in [-0.05, 0) is 17.7 Å². The molecule has 0 fully saturated rings. The first-order valence-corrected chi connectivity index (χ1v) is 5.07. The van der Waals surface area contributed by atoms with Crippen molar-refractivity contribution in [3.05, 3.63) is 53.5 Å². The molecule has 0 atom stereocenters. The van der Waals surface area contributed by atoms with Crippen LogP contribution in [-0.4, -0.2) is 16.7 Å². The zero-order chi connectivity index (χ0) is 11.4. The van der Waals surface area contributed by atoms with E-state index in [1.807, 2.05) is 0 Å². The van der Waals surface area contributed by atoms with Crippen LogP contribution < -0.4 is 0 Å². The highest BCUT2D eigenvalue weighted by Gasteiger charge is 2.04. The summed E-state index contributed by atoms with van der Waals surface area (Å²) in [5.41, 5.74) is 0.943. The Bertz CT molecular complexity index is 450. The van der Waals surface area contributed by atoms with E-state index < -0.39 is 0 Å². The molecular weight excluding hydrogens is 209 g/mol. The van der Waals surface area contributed by atoms with Gasteiger partial charge in [0, 0.05) is 12.8 Å². The Labute approximate surface area is 92.6 Å². The van der Waals surface area contributed by atoms with E-state index in [-0.39, 0.29) is 12.4 Å². The number of hydrogen-bond acceptors (Lipinski definition) is 3. The molecule has 1 aromatic carbocycles. The lowest BCUT2D eigenvalue weighted by Crippen LogP contribution is -1.88. The van der Waals surface area contributed by atoms with Crippen LogP contribution in [0.5, 0.6) is 0 Å². The minimum absolute atomic E-state index is 0.0468. The monoisotopic (exact) mass is 221 g/mol. The summed E-state index contributed by atoms with van der Waals surface area (Å²) in [6, 6.07) is 6.22. The third kappa shape index (κ3) is 2.67. The Morgan fingerprint density at radius 2 is 2.00 bits per heavy atom. The number of halogens is 1. The smallest absolute Gasteiger partial charge is 0.198 e. The normalized spacial score (nSPS) is 10.6. The van der Waals surface area contributed by atoms with Gasteiger partial charge >= 0.3 is 0 Å². The lowest BCUT2D eigenvalue weighted by molar-refractivity contribution is 0.286. The van der Waals surface area contributed by atoms with Gasteiger partial charge in [0.1, 0.15) is 11.6 Å². The minimum atomic E-state index is -0.253. The van der Waals surface area contributed by atoms with E-state index in [1.54, 1.807) is 18.3 Å². The van der Waals surface area contributed by atoms with E-state index in [0.717, 1.165) is 5.56 Å². The molecule has 0 aliphatic heterocycles. The fourth-order valence-corrected chi connectivity index (χ4v) is 1.43. The highest BCUT2D eigenvalue weighted by molar-refractivity contribution is 5.19. The van der Waals surface area contributed by atoms with Crippen LogP contribution >= 0.6 is 0 Å². The van der Waals surface area contributed by atoms with Crippen molar-refractivity contribution in [2.75, 3.05) is 6.61 Å². The first-order valence-electron chi connectivity index (χ1n) is 5.07. The van der Waals surface area contributed by atoms with Crippen LogP contribution in [0, 0.1) is 5.82 Å². The van der Waals surface area contributed by atoms with Gasteiger partial charge < -0.3 is 9.52 Å². The zero-order valence-electron chi connectivity index (χ0n) is 8.69. The molecule has 1 heterocycles. The van der Waals surface area contributed by atoms with Crippen molar-refractivity contribution < 1.29 is 13.9 Å². The van der Waals surface area contributed by atoms with Gasteiger partial charge in [0.05, 0.1) is 12.8 Å². The number of benzene rings is 1. The van der Waals surface area contributed by atoms with Gasteiger partial charge in [-0.25, -0.2) is 9.37 Å². The van der Waals surface area contributed by atoms with Gasteiger partial charge in [0.15, 0.2) is 5.89 Å². The first kappa shape index (κ1) is 10.8. The van der Waals surface area contributed by atoms with Crippen LogP contribution in [0.1, 0.15) is 17.2 Å². The number of aromatic nitrogens is 1. The molecule has 0 saturated carbocycles. The van der Waals surface area contributed by atoms with E-state index in [1.165, 1.54) is 12.1 Å². The molecular formula is C12H12FNO2. The summed E-state index contributed by atoms with van der Waals surface area (Å²) in [4.78, 5) is 4.08.